The van der Waals surface area contributed by atoms with E-state index in [0.29, 0.717) is 5.02 Å². The molecule has 3 nitrogen and oxygen atoms in total. The van der Waals surface area contributed by atoms with Crippen LogP contribution in [0.15, 0.2) is 36.4 Å². The predicted octanol–water partition coefficient (Wildman–Crippen LogP) is 4.14. The molecule has 0 fully saturated rings. The monoisotopic (exact) mass is 287 g/mol. The van der Waals surface area contributed by atoms with E-state index in [9.17, 15) is 9.90 Å². The Morgan fingerprint density at radius 3 is 2.65 bits per heavy atom. The van der Waals surface area contributed by atoms with Gasteiger partial charge in [-0.25, -0.2) is 0 Å². The lowest BCUT2D eigenvalue weighted by Crippen LogP contribution is -2.22. The second-order valence-corrected chi connectivity index (χ2v) is 5.51. The van der Waals surface area contributed by atoms with Crippen LogP contribution in [0.3, 0.4) is 0 Å². The molecule has 0 aliphatic carbocycles. The second-order valence-electron chi connectivity index (χ2n) is 5.07. The van der Waals surface area contributed by atoms with Crippen LogP contribution in [-0.4, -0.2) is 11.0 Å². The van der Waals surface area contributed by atoms with E-state index in [0.717, 1.165) is 22.5 Å². The number of carbonyl (C=O) groups excluding carboxylic acids is 1. The molecule has 0 saturated heterocycles. The van der Waals surface area contributed by atoms with Gasteiger partial charge in [-0.3, -0.25) is 9.69 Å². The number of phenols is 1. The van der Waals surface area contributed by atoms with E-state index in [1.165, 1.54) is 0 Å². The molecular weight excluding hydrogens is 274 g/mol. The van der Waals surface area contributed by atoms with Crippen molar-refractivity contribution >= 4 is 28.9 Å². The fourth-order valence-electron chi connectivity index (χ4n) is 2.57. The highest BCUT2D eigenvalue weighted by Crippen LogP contribution is 2.43. The fraction of sp³-hybridized carbons (Fsp3) is 0.188. The van der Waals surface area contributed by atoms with Crippen LogP contribution in [0, 0.1) is 6.92 Å². The number of hydrogen-bond acceptors (Lipinski definition) is 2. The summed E-state index contributed by atoms with van der Waals surface area (Å²) < 4.78 is 0. The first kappa shape index (κ1) is 13.0. The van der Waals surface area contributed by atoms with E-state index in [1.54, 1.807) is 23.1 Å². The van der Waals surface area contributed by atoms with Gasteiger partial charge in [-0.05, 0) is 61.4 Å². The summed E-state index contributed by atoms with van der Waals surface area (Å²) in [5, 5.41) is 10.2. The van der Waals surface area contributed by atoms with Crippen LogP contribution >= 0.6 is 11.6 Å². The number of aryl methyl sites for hydroxylation is 1. The summed E-state index contributed by atoms with van der Waals surface area (Å²) in [6.07, 6.45) is 0. The number of aromatic hydroxyl groups is 1. The maximum absolute atomic E-state index is 12.5. The highest BCUT2D eigenvalue weighted by molar-refractivity contribution is 6.31. The Bertz CT molecular complexity index is 712. The van der Waals surface area contributed by atoms with Crippen LogP contribution in [0.5, 0.6) is 5.75 Å². The Labute approximate surface area is 122 Å². The van der Waals surface area contributed by atoms with Crippen LogP contribution in [0.2, 0.25) is 5.02 Å². The quantitative estimate of drug-likeness (QED) is 0.856. The molecule has 2 aromatic carbocycles. The minimum absolute atomic E-state index is 0.0207. The van der Waals surface area contributed by atoms with E-state index in [4.69, 9.17) is 11.6 Å². The van der Waals surface area contributed by atoms with Gasteiger partial charge >= 0.3 is 0 Å². The number of halogens is 1. The van der Waals surface area contributed by atoms with E-state index in [1.807, 2.05) is 32.0 Å². The first-order chi connectivity index (χ1) is 9.49. The van der Waals surface area contributed by atoms with E-state index in [2.05, 4.69) is 0 Å². The summed E-state index contributed by atoms with van der Waals surface area (Å²) >= 11 is 6.01. The molecule has 1 N–H and O–H groups in total. The molecule has 1 unspecified atom stereocenters. The summed E-state index contributed by atoms with van der Waals surface area (Å²) in [5.74, 6) is 0.0370. The third-order valence-corrected chi connectivity index (χ3v) is 3.96. The molecule has 2 aromatic rings. The number of phenolic OH excluding ortho intramolecular Hbond substituents is 1. The van der Waals surface area contributed by atoms with Crippen molar-refractivity contribution in [3.8, 4) is 5.75 Å². The minimum atomic E-state index is -0.210. The molecule has 102 valence electrons. The van der Waals surface area contributed by atoms with Gasteiger partial charge in [-0.2, -0.15) is 0 Å². The van der Waals surface area contributed by atoms with E-state index >= 15 is 0 Å². The van der Waals surface area contributed by atoms with Crippen molar-refractivity contribution in [3.05, 3.63) is 52.5 Å². The molecule has 1 amide bonds. The van der Waals surface area contributed by atoms with Crippen molar-refractivity contribution in [3.63, 3.8) is 0 Å². The van der Waals surface area contributed by atoms with Gasteiger partial charge in [0.25, 0.3) is 0 Å². The molecule has 0 radical (unpaired) electrons. The molecule has 0 aromatic heterocycles. The number of benzene rings is 2. The summed E-state index contributed by atoms with van der Waals surface area (Å²) in [5.41, 5.74) is 3.30. The molecule has 20 heavy (non-hydrogen) atoms. The molecule has 3 rings (SSSR count). The largest absolute Gasteiger partial charge is 0.508 e. The van der Waals surface area contributed by atoms with Gasteiger partial charge in [0.1, 0.15) is 5.75 Å². The molecule has 0 spiro atoms. The first-order valence-electron chi connectivity index (χ1n) is 6.42. The Morgan fingerprint density at radius 1 is 1.20 bits per heavy atom. The number of fused-ring (bicyclic) bond motifs is 1. The van der Waals surface area contributed by atoms with Gasteiger partial charge in [0.05, 0.1) is 11.6 Å². The smallest absolute Gasteiger partial charge is 0.238 e. The van der Waals surface area contributed by atoms with Crippen molar-refractivity contribution in [2.45, 2.75) is 19.8 Å². The molecule has 0 bridgehead atoms. The number of nitrogens with zero attached hydrogens (tertiary/aromatic N) is 1. The lowest BCUT2D eigenvalue weighted by atomic mass is 10.0. The fourth-order valence-corrected chi connectivity index (χ4v) is 2.75. The molecule has 0 saturated carbocycles. The summed E-state index contributed by atoms with van der Waals surface area (Å²) in [6, 6.07) is 10.6. The molecule has 4 heteroatoms. The Hall–Kier alpha value is -2.00. The number of amides is 1. The highest BCUT2D eigenvalue weighted by atomic mass is 35.5. The van der Waals surface area contributed by atoms with Crippen LogP contribution < -0.4 is 4.90 Å². The standard InChI is InChI=1S/C16H14ClNO2/c1-9-7-12(4-6-15(9)19)18-14-5-3-11(17)8-13(14)10(2)16(18)20/h3-8,10,19H,1-2H3. The van der Waals surface area contributed by atoms with Crippen LogP contribution in [0.1, 0.15) is 24.0 Å². The molecular formula is C16H14ClNO2. The van der Waals surface area contributed by atoms with Crippen molar-refractivity contribution in [2.24, 2.45) is 0 Å². The predicted molar refractivity (Wildman–Crippen MR) is 79.9 cm³/mol. The number of rotatable bonds is 1. The average molecular weight is 288 g/mol. The van der Waals surface area contributed by atoms with Crippen molar-refractivity contribution in [2.75, 3.05) is 4.90 Å². The van der Waals surface area contributed by atoms with Gasteiger partial charge in [0, 0.05) is 10.7 Å². The minimum Gasteiger partial charge on any atom is -0.508 e. The van der Waals surface area contributed by atoms with Gasteiger partial charge in [-0.1, -0.05) is 11.6 Å². The zero-order valence-electron chi connectivity index (χ0n) is 11.2. The van der Waals surface area contributed by atoms with Crippen molar-refractivity contribution in [1.82, 2.24) is 0 Å². The van der Waals surface area contributed by atoms with Gasteiger partial charge in [0.15, 0.2) is 0 Å². The third-order valence-electron chi connectivity index (χ3n) is 3.73. The van der Waals surface area contributed by atoms with E-state index < -0.39 is 0 Å². The molecule has 1 aliphatic heterocycles. The van der Waals surface area contributed by atoms with Crippen LogP contribution in [0.4, 0.5) is 11.4 Å². The van der Waals surface area contributed by atoms with Gasteiger partial charge in [-0.15, -0.1) is 0 Å². The first-order valence-corrected chi connectivity index (χ1v) is 6.80. The van der Waals surface area contributed by atoms with Crippen LogP contribution in [0.25, 0.3) is 0 Å². The zero-order valence-corrected chi connectivity index (χ0v) is 12.0. The SMILES string of the molecule is Cc1cc(N2C(=O)C(C)c3cc(Cl)ccc32)ccc1O. The lowest BCUT2D eigenvalue weighted by molar-refractivity contribution is -0.118. The zero-order chi connectivity index (χ0) is 14.4. The topological polar surface area (TPSA) is 40.5 Å². The van der Waals surface area contributed by atoms with Crippen molar-refractivity contribution in [1.29, 1.82) is 0 Å². The second kappa shape index (κ2) is 4.53. The third kappa shape index (κ3) is 1.86. The maximum atomic E-state index is 12.5. The Balaban J connectivity index is 2.15. The number of anilines is 2. The molecule has 1 heterocycles. The average Bonchev–Trinajstić information content (AvgIpc) is 2.66. The Kier molecular flexibility index (Phi) is 2.94. The number of hydrogen-bond donors (Lipinski definition) is 1. The normalized spacial score (nSPS) is 17.4. The summed E-state index contributed by atoms with van der Waals surface area (Å²) in [4.78, 5) is 14.2. The highest BCUT2D eigenvalue weighted by Gasteiger charge is 2.35. The molecule has 1 aliphatic rings. The van der Waals surface area contributed by atoms with Gasteiger partial charge in [0.2, 0.25) is 5.91 Å². The van der Waals surface area contributed by atoms with Gasteiger partial charge < -0.3 is 5.11 Å². The number of carbonyl (C=O) groups is 1. The lowest BCUT2D eigenvalue weighted by Gasteiger charge is -2.18. The Morgan fingerprint density at radius 2 is 1.95 bits per heavy atom. The van der Waals surface area contributed by atoms with Crippen LogP contribution in [-0.2, 0) is 4.79 Å². The van der Waals surface area contributed by atoms with Crippen molar-refractivity contribution < 1.29 is 9.90 Å². The maximum Gasteiger partial charge on any atom is 0.238 e. The molecule has 1 atom stereocenters. The van der Waals surface area contributed by atoms with E-state index in [-0.39, 0.29) is 17.6 Å². The summed E-state index contributed by atoms with van der Waals surface area (Å²) in [7, 11) is 0. The summed E-state index contributed by atoms with van der Waals surface area (Å²) in [6.45, 7) is 3.69.